The van der Waals surface area contributed by atoms with Crippen LogP contribution >= 0.6 is 0 Å². The van der Waals surface area contributed by atoms with Crippen molar-refractivity contribution in [2.24, 2.45) is 0 Å². The number of aliphatic hydroxyl groups excluding tert-OH is 2. The van der Waals surface area contributed by atoms with Gasteiger partial charge in [0.05, 0.1) is 18.8 Å². The minimum absolute atomic E-state index is 0.0428. The summed E-state index contributed by atoms with van der Waals surface area (Å²) in [7, 11) is -1.81. The van der Waals surface area contributed by atoms with E-state index < -0.39 is 14.4 Å². The molecule has 1 heterocycles. The van der Waals surface area contributed by atoms with Crippen molar-refractivity contribution in [2.75, 3.05) is 13.2 Å². The van der Waals surface area contributed by atoms with Crippen molar-refractivity contribution in [2.45, 2.75) is 76.5 Å². The molecular weight excluding hydrogens is 284 g/mol. The Hall–Kier alpha value is -0.203. The molecular formula is C16H32O4Si. The summed E-state index contributed by atoms with van der Waals surface area (Å²) in [4.78, 5) is 0. The predicted molar refractivity (Wildman–Crippen MR) is 87.9 cm³/mol. The van der Waals surface area contributed by atoms with Gasteiger partial charge in [0.1, 0.15) is 6.10 Å². The molecule has 1 saturated heterocycles. The second-order valence-corrected chi connectivity index (χ2v) is 12.2. The van der Waals surface area contributed by atoms with Crippen LogP contribution in [0.5, 0.6) is 0 Å². The lowest BCUT2D eigenvalue weighted by Gasteiger charge is -2.42. The molecule has 0 amide bonds. The third kappa shape index (κ3) is 5.83. The molecule has 1 unspecified atom stereocenters. The van der Waals surface area contributed by atoms with Crippen LogP contribution in [0.4, 0.5) is 0 Å². The second kappa shape index (κ2) is 7.88. The Labute approximate surface area is 130 Å². The molecule has 0 aliphatic carbocycles. The number of aliphatic hydroxyl groups is 2. The van der Waals surface area contributed by atoms with E-state index in [-0.39, 0.29) is 23.9 Å². The molecule has 1 rings (SSSR count). The Bertz CT molecular complexity index is 336. The van der Waals surface area contributed by atoms with Crippen molar-refractivity contribution in [3.8, 4) is 0 Å². The quantitative estimate of drug-likeness (QED) is 0.584. The molecule has 0 aromatic carbocycles. The fourth-order valence-electron chi connectivity index (χ4n) is 2.08. The Kier molecular flexibility index (Phi) is 7.07. The molecule has 0 spiro atoms. The summed E-state index contributed by atoms with van der Waals surface area (Å²) in [5.41, 5.74) is 0. The molecule has 1 fully saturated rings. The Morgan fingerprint density at radius 3 is 2.62 bits per heavy atom. The summed E-state index contributed by atoms with van der Waals surface area (Å²) >= 11 is 0. The fraction of sp³-hybridized carbons (Fsp3) is 0.875. The molecule has 0 saturated carbocycles. The Morgan fingerprint density at radius 2 is 2.05 bits per heavy atom. The summed E-state index contributed by atoms with van der Waals surface area (Å²) in [6, 6.07) is 0. The van der Waals surface area contributed by atoms with Gasteiger partial charge >= 0.3 is 0 Å². The lowest BCUT2D eigenvalue weighted by atomic mass is 10.0. The van der Waals surface area contributed by atoms with Gasteiger partial charge in [-0.2, -0.15) is 0 Å². The van der Waals surface area contributed by atoms with Gasteiger partial charge in [-0.3, -0.25) is 0 Å². The second-order valence-electron chi connectivity index (χ2n) is 7.39. The summed E-state index contributed by atoms with van der Waals surface area (Å²) < 4.78 is 12.3. The van der Waals surface area contributed by atoms with Crippen molar-refractivity contribution in [3.05, 3.63) is 12.2 Å². The highest BCUT2D eigenvalue weighted by molar-refractivity contribution is 6.74. The van der Waals surface area contributed by atoms with Crippen molar-refractivity contribution in [1.82, 2.24) is 0 Å². The maximum Gasteiger partial charge on any atom is 0.192 e. The van der Waals surface area contributed by atoms with Gasteiger partial charge in [0.2, 0.25) is 0 Å². The first kappa shape index (κ1) is 18.8. The first-order valence-electron chi connectivity index (χ1n) is 7.92. The third-order valence-corrected chi connectivity index (χ3v) is 9.01. The van der Waals surface area contributed by atoms with E-state index in [1.165, 1.54) is 0 Å². The minimum Gasteiger partial charge on any atom is -0.411 e. The van der Waals surface area contributed by atoms with Crippen LogP contribution in [0, 0.1) is 0 Å². The molecule has 0 aromatic rings. The van der Waals surface area contributed by atoms with Gasteiger partial charge in [0.15, 0.2) is 8.32 Å². The highest BCUT2D eigenvalue weighted by atomic mass is 28.4. The van der Waals surface area contributed by atoms with Gasteiger partial charge in [-0.25, -0.2) is 0 Å². The zero-order chi connectivity index (χ0) is 16.1. The highest BCUT2D eigenvalue weighted by Gasteiger charge is 2.41. The molecule has 4 nitrogen and oxygen atoms in total. The van der Waals surface area contributed by atoms with E-state index in [0.717, 1.165) is 19.4 Å². The molecule has 124 valence electrons. The normalized spacial score (nSPS) is 26.2. The highest BCUT2D eigenvalue weighted by Crippen LogP contribution is 2.38. The standard InChI is InChI=1S/C16H32O4Si/c1-16(2,3)21(4,5)20-15-10-7-11-19-14(15)9-6-8-13(18)12-17/h6,9,13-15,17-18H,7-8,10-12H2,1-5H3/b9-6-/t13?,14-,15+/m1/s1. The first-order valence-corrected chi connectivity index (χ1v) is 10.8. The first-order chi connectivity index (χ1) is 9.67. The zero-order valence-corrected chi connectivity index (χ0v) is 15.1. The van der Waals surface area contributed by atoms with Crippen LogP contribution in [-0.2, 0) is 9.16 Å². The van der Waals surface area contributed by atoms with Crippen molar-refractivity contribution < 1.29 is 19.4 Å². The van der Waals surface area contributed by atoms with Gasteiger partial charge in [0, 0.05) is 6.61 Å². The smallest absolute Gasteiger partial charge is 0.192 e. The average molecular weight is 317 g/mol. The maximum atomic E-state index is 9.38. The van der Waals surface area contributed by atoms with Crippen LogP contribution in [0.15, 0.2) is 12.2 Å². The SMILES string of the molecule is CC(C)(C)[Si](C)(C)O[C@H]1CCCO[C@@H]1/C=C\CC(O)CO. The summed E-state index contributed by atoms with van der Waals surface area (Å²) in [5.74, 6) is 0. The van der Waals surface area contributed by atoms with Crippen LogP contribution < -0.4 is 0 Å². The molecule has 21 heavy (non-hydrogen) atoms. The van der Waals surface area contributed by atoms with E-state index in [1.54, 1.807) is 0 Å². The van der Waals surface area contributed by atoms with Gasteiger partial charge in [-0.15, -0.1) is 0 Å². The maximum absolute atomic E-state index is 9.38. The van der Waals surface area contributed by atoms with Crippen LogP contribution in [-0.4, -0.2) is 50.1 Å². The lowest BCUT2D eigenvalue weighted by molar-refractivity contribution is -0.0423. The van der Waals surface area contributed by atoms with Crippen molar-refractivity contribution in [1.29, 1.82) is 0 Å². The van der Waals surface area contributed by atoms with Crippen LogP contribution in [0.3, 0.4) is 0 Å². The van der Waals surface area contributed by atoms with Crippen LogP contribution in [0.2, 0.25) is 18.1 Å². The van der Waals surface area contributed by atoms with Crippen LogP contribution in [0.1, 0.15) is 40.0 Å². The minimum atomic E-state index is -1.81. The number of ether oxygens (including phenoxy) is 1. The Morgan fingerprint density at radius 1 is 1.38 bits per heavy atom. The lowest BCUT2D eigenvalue weighted by Crippen LogP contribution is -2.48. The van der Waals surface area contributed by atoms with E-state index >= 15 is 0 Å². The van der Waals surface area contributed by atoms with E-state index in [2.05, 4.69) is 33.9 Å². The molecule has 2 N–H and O–H groups in total. The molecule has 0 aromatic heterocycles. The number of hydrogen-bond donors (Lipinski definition) is 2. The summed E-state index contributed by atoms with van der Waals surface area (Å²) in [6.07, 6.45) is 5.73. The summed E-state index contributed by atoms with van der Waals surface area (Å²) in [6.45, 7) is 11.8. The van der Waals surface area contributed by atoms with E-state index in [0.29, 0.717) is 6.42 Å². The van der Waals surface area contributed by atoms with E-state index in [4.69, 9.17) is 14.3 Å². The summed E-state index contributed by atoms with van der Waals surface area (Å²) in [5, 5.41) is 18.4. The Balaban J connectivity index is 2.65. The molecule has 5 heteroatoms. The zero-order valence-electron chi connectivity index (χ0n) is 14.1. The van der Waals surface area contributed by atoms with Gasteiger partial charge in [-0.1, -0.05) is 32.9 Å². The largest absolute Gasteiger partial charge is 0.411 e. The third-order valence-electron chi connectivity index (χ3n) is 4.51. The number of hydrogen-bond acceptors (Lipinski definition) is 4. The average Bonchev–Trinajstić information content (AvgIpc) is 2.38. The predicted octanol–water partition coefficient (Wildman–Crippen LogP) is 2.86. The van der Waals surface area contributed by atoms with Crippen molar-refractivity contribution in [3.63, 3.8) is 0 Å². The van der Waals surface area contributed by atoms with Gasteiger partial charge in [0.25, 0.3) is 0 Å². The van der Waals surface area contributed by atoms with Gasteiger partial charge < -0.3 is 19.4 Å². The molecule has 0 radical (unpaired) electrons. The van der Waals surface area contributed by atoms with Crippen LogP contribution in [0.25, 0.3) is 0 Å². The molecule has 1 aliphatic rings. The molecule has 0 bridgehead atoms. The molecule has 1 aliphatic heterocycles. The van der Waals surface area contributed by atoms with Gasteiger partial charge in [-0.05, 0) is 37.4 Å². The topological polar surface area (TPSA) is 58.9 Å². The van der Waals surface area contributed by atoms with E-state index in [9.17, 15) is 5.11 Å². The number of rotatable bonds is 6. The molecule has 3 atom stereocenters. The monoisotopic (exact) mass is 316 g/mol. The van der Waals surface area contributed by atoms with Crippen molar-refractivity contribution >= 4 is 8.32 Å². The fourth-order valence-corrected chi connectivity index (χ4v) is 3.44. The van der Waals surface area contributed by atoms with E-state index in [1.807, 2.05) is 12.2 Å².